The Morgan fingerprint density at radius 3 is 2.63 bits per heavy atom. The Bertz CT molecular complexity index is 1090. The summed E-state index contributed by atoms with van der Waals surface area (Å²) in [5.41, 5.74) is 1.76. The predicted octanol–water partition coefficient (Wildman–Crippen LogP) is 2.36. The summed E-state index contributed by atoms with van der Waals surface area (Å²) in [4.78, 5) is 24.9. The highest BCUT2D eigenvalue weighted by atomic mass is 19.1. The Labute approximate surface area is 155 Å². The summed E-state index contributed by atoms with van der Waals surface area (Å²) in [6.07, 6.45) is 6.78. The van der Waals surface area contributed by atoms with E-state index in [9.17, 15) is 14.0 Å². The Morgan fingerprint density at radius 1 is 1.26 bits per heavy atom. The SMILES string of the molecule is C#Cc1ccc(=O)n(C(C)C(=O)c2cnn(Cc3ccc(F)cc3)c2C)n1. The fraction of sp³-hybridized carbons (Fsp3) is 0.200. The lowest BCUT2D eigenvalue weighted by atomic mass is 10.1. The van der Waals surface area contributed by atoms with Crippen LogP contribution in [0.5, 0.6) is 0 Å². The van der Waals surface area contributed by atoms with Gasteiger partial charge in [0.25, 0.3) is 5.56 Å². The number of carbonyl (C=O) groups excluding carboxylic acids is 1. The monoisotopic (exact) mass is 364 g/mol. The van der Waals surface area contributed by atoms with Crippen LogP contribution >= 0.6 is 0 Å². The van der Waals surface area contributed by atoms with Crippen LogP contribution in [0.25, 0.3) is 0 Å². The summed E-state index contributed by atoms with van der Waals surface area (Å²) in [5, 5.41) is 8.28. The molecule has 0 amide bonds. The largest absolute Gasteiger partial charge is 0.292 e. The molecule has 6 nitrogen and oxygen atoms in total. The normalized spacial score (nSPS) is 11.8. The van der Waals surface area contributed by atoms with E-state index in [1.54, 1.807) is 30.7 Å². The first kappa shape index (κ1) is 18.3. The first-order chi connectivity index (χ1) is 12.9. The van der Waals surface area contributed by atoms with Gasteiger partial charge in [0.15, 0.2) is 5.78 Å². The van der Waals surface area contributed by atoms with Crippen LogP contribution in [-0.2, 0) is 6.54 Å². The van der Waals surface area contributed by atoms with Crippen molar-refractivity contribution in [3.63, 3.8) is 0 Å². The highest BCUT2D eigenvalue weighted by molar-refractivity contribution is 5.99. The molecule has 0 N–H and O–H groups in total. The zero-order valence-corrected chi connectivity index (χ0v) is 14.9. The summed E-state index contributed by atoms with van der Waals surface area (Å²) in [7, 11) is 0. The van der Waals surface area contributed by atoms with Crippen LogP contribution in [0.3, 0.4) is 0 Å². The lowest BCUT2D eigenvalue weighted by molar-refractivity contribution is 0.0924. The Hall–Kier alpha value is -3.53. The lowest BCUT2D eigenvalue weighted by Crippen LogP contribution is -2.30. The summed E-state index contributed by atoms with van der Waals surface area (Å²) < 4.78 is 15.8. The average Bonchev–Trinajstić information content (AvgIpc) is 3.03. The van der Waals surface area contributed by atoms with Crippen molar-refractivity contribution in [2.45, 2.75) is 26.4 Å². The van der Waals surface area contributed by atoms with Crippen molar-refractivity contribution in [3.05, 3.63) is 81.3 Å². The molecule has 1 aromatic carbocycles. The van der Waals surface area contributed by atoms with Crippen molar-refractivity contribution in [2.75, 3.05) is 0 Å². The number of hydrogen-bond donors (Lipinski definition) is 0. The van der Waals surface area contributed by atoms with Gasteiger partial charge in [-0.1, -0.05) is 12.1 Å². The minimum atomic E-state index is -0.826. The van der Waals surface area contributed by atoms with Crippen molar-refractivity contribution in [1.29, 1.82) is 0 Å². The number of carbonyl (C=O) groups is 1. The standard InChI is InChI=1S/C20H17FN4O2/c1-4-17-9-10-19(26)25(23-17)14(3)20(27)18-11-22-24(13(18)2)12-15-5-7-16(21)8-6-15/h1,5-11,14H,12H2,2-3H3. The number of aromatic nitrogens is 4. The number of Topliss-reactive ketones (excluding diaryl/α,β-unsaturated/α-hetero) is 1. The Balaban J connectivity index is 1.87. The number of benzene rings is 1. The Morgan fingerprint density at radius 2 is 1.96 bits per heavy atom. The van der Waals surface area contributed by atoms with Gasteiger partial charge in [0.1, 0.15) is 17.6 Å². The third-order valence-electron chi connectivity index (χ3n) is 4.33. The van der Waals surface area contributed by atoms with E-state index in [0.29, 0.717) is 17.8 Å². The molecule has 0 aliphatic carbocycles. The molecule has 0 aliphatic heterocycles. The topological polar surface area (TPSA) is 69.8 Å². The van der Waals surface area contributed by atoms with Gasteiger partial charge in [-0.2, -0.15) is 10.2 Å². The number of halogens is 1. The lowest BCUT2D eigenvalue weighted by Gasteiger charge is -2.13. The predicted molar refractivity (Wildman–Crippen MR) is 97.9 cm³/mol. The number of nitrogens with zero attached hydrogens (tertiary/aromatic N) is 4. The molecule has 3 aromatic rings. The fourth-order valence-corrected chi connectivity index (χ4v) is 2.73. The third kappa shape index (κ3) is 3.70. The summed E-state index contributed by atoms with van der Waals surface area (Å²) in [6, 6.07) is 7.97. The number of ketones is 1. The van der Waals surface area contributed by atoms with E-state index in [4.69, 9.17) is 6.42 Å². The van der Waals surface area contributed by atoms with Gasteiger partial charge in [0, 0.05) is 11.8 Å². The summed E-state index contributed by atoms with van der Waals surface area (Å²) >= 11 is 0. The molecule has 27 heavy (non-hydrogen) atoms. The molecule has 0 spiro atoms. The number of terminal acetylenes is 1. The van der Waals surface area contributed by atoms with Crippen molar-refractivity contribution < 1.29 is 9.18 Å². The van der Waals surface area contributed by atoms with Crippen molar-refractivity contribution in [2.24, 2.45) is 0 Å². The first-order valence-corrected chi connectivity index (χ1v) is 8.28. The van der Waals surface area contributed by atoms with Gasteiger partial charge in [0.05, 0.1) is 18.3 Å². The number of hydrogen-bond acceptors (Lipinski definition) is 4. The molecule has 0 fully saturated rings. The number of rotatable bonds is 5. The van der Waals surface area contributed by atoms with Gasteiger partial charge < -0.3 is 0 Å². The summed E-state index contributed by atoms with van der Waals surface area (Å²) in [5.74, 6) is 1.75. The highest BCUT2D eigenvalue weighted by Gasteiger charge is 2.23. The fourth-order valence-electron chi connectivity index (χ4n) is 2.73. The molecule has 7 heteroatoms. The van der Waals surface area contributed by atoms with Gasteiger partial charge in [-0.15, -0.1) is 6.42 Å². The van der Waals surface area contributed by atoms with E-state index < -0.39 is 11.6 Å². The van der Waals surface area contributed by atoms with Crippen LogP contribution in [0.4, 0.5) is 4.39 Å². The van der Waals surface area contributed by atoms with Gasteiger partial charge in [-0.3, -0.25) is 14.3 Å². The van der Waals surface area contributed by atoms with E-state index in [0.717, 1.165) is 10.2 Å². The molecule has 0 saturated heterocycles. The molecule has 1 atom stereocenters. The molecule has 136 valence electrons. The van der Waals surface area contributed by atoms with E-state index in [1.807, 2.05) is 0 Å². The van der Waals surface area contributed by atoms with Crippen LogP contribution in [0.2, 0.25) is 0 Å². The average molecular weight is 364 g/mol. The molecular weight excluding hydrogens is 347 g/mol. The second-order valence-corrected chi connectivity index (χ2v) is 6.11. The van der Waals surface area contributed by atoms with Crippen molar-refractivity contribution in [1.82, 2.24) is 19.6 Å². The molecule has 0 aliphatic rings. The van der Waals surface area contributed by atoms with Crippen LogP contribution < -0.4 is 5.56 Å². The van der Waals surface area contributed by atoms with E-state index in [-0.39, 0.29) is 17.3 Å². The smallest absolute Gasteiger partial charge is 0.267 e. The third-order valence-corrected chi connectivity index (χ3v) is 4.33. The molecule has 2 aromatic heterocycles. The van der Waals surface area contributed by atoms with Gasteiger partial charge in [0.2, 0.25) is 0 Å². The quantitative estimate of drug-likeness (QED) is 0.515. The minimum absolute atomic E-state index is 0.276. The molecule has 1 unspecified atom stereocenters. The first-order valence-electron chi connectivity index (χ1n) is 8.28. The van der Waals surface area contributed by atoms with Crippen molar-refractivity contribution in [3.8, 4) is 12.3 Å². The Kier molecular flexibility index (Phi) is 4.99. The van der Waals surface area contributed by atoms with Crippen molar-refractivity contribution >= 4 is 5.78 Å². The molecule has 0 bridgehead atoms. The van der Waals surface area contributed by atoms with E-state index in [2.05, 4.69) is 16.1 Å². The maximum absolute atomic E-state index is 13.0. The zero-order chi connectivity index (χ0) is 19.6. The second-order valence-electron chi connectivity index (χ2n) is 6.11. The maximum Gasteiger partial charge on any atom is 0.267 e. The molecule has 0 saturated carbocycles. The van der Waals surface area contributed by atoms with E-state index >= 15 is 0 Å². The van der Waals surface area contributed by atoms with Gasteiger partial charge in [-0.05, 0) is 43.5 Å². The van der Waals surface area contributed by atoms with Crippen LogP contribution in [0, 0.1) is 25.1 Å². The van der Waals surface area contributed by atoms with E-state index in [1.165, 1.54) is 30.5 Å². The minimum Gasteiger partial charge on any atom is -0.292 e. The summed E-state index contributed by atoms with van der Waals surface area (Å²) in [6.45, 7) is 3.76. The molecule has 3 rings (SSSR count). The van der Waals surface area contributed by atoms with Crippen LogP contribution in [-0.4, -0.2) is 25.3 Å². The maximum atomic E-state index is 13.0. The highest BCUT2D eigenvalue weighted by Crippen LogP contribution is 2.17. The van der Waals surface area contributed by atoms with Crippen LogP contribution in [0.15, 0.2) is 47.4 Å². The molecule has 2 heterocycles. The zero-order valence-electron chi connectivity index (χ0n) is 14.9. The van der Waals surface area contributed by atoms with Crippen LogP contribution in [0.1, 0.15) is 40.3 Å². The van der Waals surface area contributed by atoms with Gasteiger partial charge in [-0.25, -0.2) is 9.07 Å². The van der Waals surface area contributed by atoms with Gasteiger partial charge >= 0.3 is 0 Å². The molecular formula is C20H17FN4O2. The second kappa shape index (κ2) is 7.38. The molecule has 0 radical (unpaired) electrons.